The Labute approximate surface area is 179 Å². The molecule has 0 saturated carbocycles. The van der Waals surface area contributed by atoms with Gasteiger partial charge in [0.1, 0.15) is 5.82 Å². The first-order valence-corrected chi connectivity index (χ1v) is 9.91. The minimum atomic E-state index is -0.526. The van der Waals surface area contributed by atoms with Crippen LogP contribution in [-0.2, 0) is 9.53 Å². The average molecular weight is 429 g/mol. The maximum absolute atomic E-state index is 13.2. The lowest BCUT2D eigenvalue weighted by Gasteiger charge is -2.26. The van der Waals surface area contributed by atoms with Crippen LogP contribution in [-0.4, -0.2) is 62.4 Å². The van der Waals surface area contributed by atoms with Crippen LogP contribution in [0.15, 0.2) is 47.6 Å². The van der Waals surface area contributed by atoms with Gasteiger partial charge >= 0.3 is 0 Å². The minimum Gasteiger partial charge on any atom is -0.490 e. The standard InChI is InChI=1S/C22H24FN3O5/c1-2-30-20-12-16(14-24-25-22(28)17-4-3-5-18(23)13-17)6-7-19(20)31-15-21(27)26-8-10-29-11-9-26/h3-7,12-14H,2,8-11,15H2,1H3,(H,25,28)/b24-14-. The molecule has 1 aliphatic heterocycles. The van der Waals surface area contributed by atoms with E-state index in [0.717, 1.165) is 6.07 Å². The zero-order chi connectivity index (χ0) is 22.1. The molecule has 2 amide bonds. The average Bonchev–Trinajstić information content (AvgIpc) is 2.79. The van der Waals surface area contributed by atoms with Gasteiger partial charge in [0.05, 0.1) is 26.0 Å². The second kappa shape index (κ2) is 11.1. The van der Waals surface area contributed by atoms with Gasteiger partial charge in [-0.1, -0.05) is 6.07 Å². The molecule has 9 heteroatoms. The first-order valence-electron chi connectivity index (χ1n) is 9.91. The van der Waals surface area contributed by atoms with E-state index in [1.807, 2.05) is 6.92 Å². The van der Waals surface area contributed by atoms with Crippen LogP contribution in [0.25, 0.3) is 0 Å². The van der Waals surface area contributed by atoms with Crippen LogP contribution >= 0.6 is 0 Å². The Hall–Kier alpha value is -3.46. The maximum Gasteiger partial charge on any atom is 0.271 e. The summed E-state index contributed by atoms with van der Waals surface area (Å²) in [6, 6.07) is 10.4. The van der Waals surface area contributed by atoms with Gasteiger partial charge in [-0.3, -0.25) is 9.59 Å². The molecule has 2 aromatic carbocycles. The summed E-state index contributed by atoms with van der Waals surface area (Å²) in [6.07, 6.45) is 1.43. The van der Waals surface area contributed by atoms with E-state index < -0.39 is 11.7 Å². The largest absolute Gasteiger partial charge is 0.490 e. The van der Waals surface area contributed by atoms with E-state index >= 15 is 0 Å². The lowest BCUT2D eigenvalue weighted by atomic mass is 10.2. The summed E-state index contributed by atoms with van der Waals surface area (Å²) in [4.78, 5) is 26.0. The molecule has 0 atom stereocenters. The van der Waals surface area contributed by atoms with Gasteiger partial charge < -0.3 is 19.1 Å². The quantitative estimate of drug-likeness (QED) is 0.514. The number of halogens is 1. The second-order valence-corrected chi connectivity index (χ2v) is 6.63. The molecule has 164 valence electrons. The van der Waals surface area contributed by atoms with Crippen LogP contribution in [0.5, 0.6) is 11.5 Å². The molecule has 0 aliphatic carbocycles. The Morgan fingerprint density at radius 2 is 1.97 bits per heavy atom. The molecule has 1 aliphatic rings. The second-order valence-electron chi connectivity index (χ2n) is 6.63. The molecule has 0 unspecified atom stereocenters. The zero-order valence-corrected chi connectivity index (χ0v) is 17.2. The van der Waals surface area contributed by atoms with Crippen molar-refractivity contribution in [2.24, 2.45) is 5.10 Å². The van der Waals surface area contributed by atoms with Crippen molar-refractivity contribution in [3.8, 4) is 11.5 Å². The lowest BCUT2D eigenvalue weighted by Crippen LogP contribution is -2.43. The molecule has 0 aromatic heterocycles. The number of morpholine rings is 1. The van der Waals surface area contributed by atoms with Crippen molar-refractivity contribution in [3.05, 3.63) is 59.4 Å². The van der Waals surface area contributed by atoms with E-state index in [9.17, 15) is 14.0 Å². The van der Waals surface area contributed by atoms with Crippen molar-refractivity contribution < 1.29 is 28.2 Å². The highest BCUT2D eigenvalue weighted by atomic mass is 19.1. The third-order valence-corrected chi connectivity index (χ3v) is 4.45. The number of amides is 2. The zero-order valence-electron chi connectivity index (χ0n) is 17.2. The SMILES string of the molecule is CCOc1cc(/C=N\NC(=O)c2cccc(F)c2)ccc1OCC(=O)N1CCOCC1. The Balaban J connectivity index is 1.60. The van der Waals surface area contributed by atoms with Gasteiger partial charge in [0.25, 0.3) is 11.8 Å². The summed E-state index contributed by atoms with van der Waals surface area (Å²) < 4.78 is 29.7. The van der Waals surface area contributed by atoms with E-state index in [0.29, 0.717) is 50.0 Å². The third-order valence-electron chi connectivity index (χ3n) is 4.45. The highest BCUT2D eigenvalue weighted by Gasteiger charge is 2.18. The number of rotatable bonds is 8. The molecule has 2 aromatic rings. The molecule has 1 heterocycles. The summed E-state index contributed by atoms with van der Waals surface area (Å²) in [5.74, 6) is -0.249. The maximum atomic E-state index is 13.2. The van der Waals surface area contributed by atoms with Gasteiger partial charge in [0, 0.05) is 18.7 Å². The van der Waals surface area contributed by atoms with Crippen molar-refractivity contribution >= 4 is 18.0 Å². The molecule has 0 bridgehead atoms. The summed E-state index contributed by atoms with van der Waals surface area (Å²) in [6.45, 7) is 4.30. The Kier molecular flexibility index (Phi) is 7.94. The fourth-order valence-electron chi connectivity index (χ4n) is 2.90. The smallest absolute Gasteiger partial charge is 0.271 e. The number of ether oxygens (including phenoxy) is 3. The fraction of sp³-hybridized carbons (Fsp3) is 0.318. The van der Waals surface area contributed by atoms with Gasteiger partial charge in [-0.2, -0.15) is 5.10 Å². The molecular formula is C22H24FN3O5. The van der Waals surface area contributed by atoms with Gasteiger partial charge in [0.15, 0.2) is 18.1 Å². The molecule has 31 heavy (non-hydrogen) atoms. The van der Waals surface area contributed by atoms with E-state index in [-0.39, 0.29) is 18.1 Å². The Morgan fingerprint density at radius 1 is 1.16 bits per heavy atom. The molecule has 1 N–H and O–H groups in total. The first-order chi connectivity index (χ1) is 15.1. The number of carbonyl (C=O) groups excluding carboxylic acids is 2. The molecule has 1 saturated heterocycles. The molecule has 0 radical (unpaired) electrons. The number of carbonyl (C=O) groups is 2. The summed E-state index contributed by atoms with van der Waals surface area (Å²) >= 11 is 0. The van der Waals surface area contributed by atoms with Crippen LogP contribution in [0.4, 0.5) is 4.39 Å². The number of hydrazone groups is 1. The van der Waals surface area contributed by atoms with E-state index in [1.54, 1.807) is 23.1 Å². The third kappa shape index (κ3) is 6.51. The minimum absolute atomic E-state index is 0.1000. The predicted molar refractivity (Wildman–Crippen MR) is 112 cm³/mol. The van der Waals surface area contributed by atoms with Crippen molar-refractivity contribution in [1.29, 1.82) is 0 Å². The summed E-state index contributed by atoms with van der Waals surface area (Å²) in [5, 5.41) is 3.90. The van der Waals surface area contributed by atoms with Crippen molar-refractivity contribution in [2.45, 2.75) is 6.92 Å². The lowest BCUT2D eigenvalue weighted by molar-refractivity contribution is -0.137. The highest BCUT2D eigenvalue weighted by molar-refractivity contribution is 5.94. The van der Waals surface area contributed by atoms with Crippen LogP contribution in [0.2, 0.25) is 0 Å². The van der Waals surface area contributed by atoms with Crippen molar-refractivity contribution in [1.82, 2.24) is 10.3 Å². The highest BCUT2D eigenvalue weighted by Crippen LogP contribution is 2.28. The fourth-order valence-corrected chi connectivity index (χ4v) is 2.90. The Morgan fingerprint density at radius 3 is 2.71 bits per heavy atom. The van der Waals surface area contributed by atoms with Gasteiger partial charge in [-0.25, -0.2) is 9.82 Å². The molecular weight excluding hydrogens is 405 g/mol. The van der Waals surface area contributed by atoms with Gasteiger partial charge in [0.2, 0.25) is 0 Å². The molecule has 3 rings (SSSR count). The predicted octanol–water partition coefficient (Wildman–Crippen LogP) is 2.23. The van der Waals surface area contributed by atoms with Gasteiger partial charge in [-0.05, 0) is 48.9 Å². The van der Waals surface area contributed by atoms with E-state index in [2.05, 4.69) is 10.5 Å². The van der Waals surface area contributed by atoms with E-state index in [1.165, 1.54) is 24.4 Å². The van der Waals surface area contributed by atoms with E-state index in [4.69, 9.17) is 14.2 Å². The van der Waals surface area contributed by atoms with Gasteiger partial charge in [-0.15, -0.1) is 0 Å². The number of benzene rings is 2. The topological polar surface area (TPSA) is 89.5 Å². The number of hydrogen-bond acceptors (Lipinski definition) is 6. The Bertz CT molecular complexity index is 944. The number of nitrogens with one attached hydrogen (secondary N) is 1. The van der Waals surface area contributed by atoms with Crippen LogP contribution in [0.3, 0.4) is 0 Å². The molecule has 1 fully saturated rings. The number of nitrogens with zero attached hydrogens (tertiary/aromatic N) is 2. The van der Waals surface area contributed by atoms with Crippen molar-refractivity contribution in [2.75, 3.05) is 39.5 Å². The summed E-state index contributed by atoms with van der Waals surface area (Å²) in [5.41, 5.74) is 3.16. The van der Waals surface area contributed by atoms with Crippen LogP contribution in [0.1, 0.15) is 22.8 Å². The number of hydrogen-bond donors (Lipinski definition) is 1. The van der Waals surface area contributed by atoms with Crippen LogP contribution < -0.4 is 14.9 Å². The van der Waals surface area contributed by atoms with Crippen LogP contribution in [0, 0.1) is 5.82 Å². The monoisotopic (exact) mass is 429 g/mol. The van der Waals surface area contributed by atoms with Crippen molar-refractivity contribution in [3.63, 3.8) is 0 Å². The normalized spacial score (nSPS) is 13.8. The first kappa shape index (κ1) is 22.2. The molecule has 0 spiro atoms. The summed E-state index contributed by atoms with van der Waals surface area (Å²) in [7, 11) is 0. The molecule has 8 nitrogen and oxygen atoms in total.